The zero-order chi connectivity index (χ0) is 12.4. The van der Waals surface area contributed by atoms with Crippen LogP contribution in [0.3, 0.4) is 0 Å². The fourth-order valence-corrected chi connectivity index (χ4v) is 2.43. The number of nitrogens with zero attached hydrogens (tertiary/aromatic N) is 2. The second kappa shape index (κ2) is 4.66. The molecule has 1 aliphatic rings. The molecular formula is C14H16N4. The fraction of sp³-hybridized carbons (Fsp3) is 0.214. The Labute approximate surface area is 106 Å². The van der Waals surface area contributed by atoms with Gasteiger partial charge in [0.05, 0.1) is 0 Å². The van der Waals surface area contributed by atoms with Crippen molar-refractivity contribution in [1.82, 2.24) is 4.98 Å². The van der Waals surface area contributed by atoms with Crippen molar-refractivity contribution in [1.29, 1.82) is 0 Å². The quantitative estimate of drug-likeness (QED) is 0.625. The molecule has 2 aromatic rings. The number of nitrogen functional groups attached to an aromatic ring is 1. The highest BCUT2D eigenvalue weighted by molar-refractivity contribution is 5.66. The molecule has 1 aliphatic heterocycles. The van der Waals surface area contributed by atoms with Crippen molar-refractivity contribution >= 4 is 17.3 Å². The van der Waals surface area contributed by atoms with Crippen LogP contribution in [0, 0.1) is 0 Å². The average Bonchev–Trinajstić information content (AvgIpc) is 2.47. The van der Waals surface area contributed by atoms with Crippen molar-refractivity contribution in [3.8, 4) is 0 Å². The molecule has 0 saturated heterocycles. The smallest absolute Gasteiger partial charge is 0.142 e. The third kappa shape index (κ3) is 1.91. The highest BCUT2D eigenvalue weighted by Crippen LogP contribution is 2.32. The van der Waals surface area contributed by atoms with Gasteiger partial charge in [-0.05, 0) is 36.6 Å². The van der Waals surface area contributed by atoms with Gasteiger partial charge in [-0.1, -0.05) is 24.3 Å². The number of fused-ring (bicyclic) bond motifs is 1. The van der Waals surface area contributed by atoms with Crippen molar-refractivity contribution < 1.29 is 0 Å². The van der Waals surface area contributed by atoms with Crippen LogP contribution in [0.1, 0.15) is 12.0 Å². The van der Waals surface area contributed by atoms with Crippen LogP contribution in [0.5, 0.6) is 0 Å². The zero-order valence-corrected chi connectivity index (χ0v) is 10.1. The summed E-state index contributed by atoms with van der Waals surface area (Å²) in [5.41, 5.74) is 5.23. The molecular weight excluding hydrogens is 224 g/mol. The molecule has 1 aromatic carbocycles. The van der Waals surface area contributed by atoms with Crippen LogP contribution in [-0.4, -0.2) is 11.5 Å². The van der Waals surface area contributed by atoms with Crippen LogP contribution in [0.2, 0.25) is 0 Å². The Balaban J connectivity index is 2.02. The van der Waals surface area contributed by atoms with Gasteiger partial charge >= 0.3 is 0 Å². The maximum atomic E-state index is 5.41. The molecule has 1 aromatic heterocycles. The van der Waals surface area contributed by atoms with Crippen molar-refractivity contribution in [2.24, 2.45) is 5.84 Å². The Morgan fingerprint density at radius 1 is 1.11 bits per heavy atom. The molecule has 3 rings (SSSR count). The van der Waals surface area contributed by atoms with E-state index in [0.29, 0.717) is 5.82 Å². The molecule has 0 amide bonds. The molecule has 0 aliphatic carbocycles. The summed E-state index contributed by atoms with van der Waals surface area (Å²) < 4.78 is 0. The summed E-state index contributed by atoms with van der Waals surface area (Å²) in [6.07, 6.45) is 2.29. The monoisotopic (exact) mass is 240 g/mol. The first-order valence-corrected chi connectivity index (χ1v) is 6.17. The minimum absolute atomic E-state index is 0.690. The van der Waals surface area contributed by atoms with E-state index < -0.39 is 0 Å². The Bertz CT molecular complexity index is 553. The minimum Gasteiger partial charge on any atom is -0.326 e. The van der Waals surface area contributed by atoms with E-state index in [1.807, 2.05) is 18.2 Å². The summed E-state index contributed by atoms with van der Waals surface area (Å²) in [5, 5.41) is 0. The molecule has 0 saturated carbocycles. The lowest BCUT2D eigenvalue weighted by atomic mass is 10.0. The SMILES string of the molecule is NNc1cccc(N2CCCc3ccccc32)n1. The van der Waals surface area contributed by atoms with E-state index in [1.165, 1.54) is 11.3 Å². The lowest BCUT2D eigenvalue weighted by Crippen LogP contribution is -2.25. The van der Waals surface area contributed by atoms with Gasteiger partial charge in [0.25, 0.3) is 0 Å². The van der Waals surface area contributed by atoms with Gasteiger partial charge in [-0.3, -0.25) is 0 Å². The van der Waals surface area contributed by atoms with Crippen LogP contribution in [-0.2, 0) is 6.42 Å². The molecule has 0 atom stereocenters. The maximum absolute atomic E-state index is 5.41. The van der Waals surface area contributed by atoms with Gasteiger partial charge in [0.15, 0.2) is 0 Å². The number of nitrogens with two attached hydrogens (primary N) is 1. The van der Waals surface area contributed by atoms with Crippen LogP contribution in [0.15, 0.2) is 42.5 Å². The van der Waals surface area contributed by atoms with E-state index in [0.717, 1.165) is 25.2 Å². The van der Waals surface area contributed by atoms with Crippen molar-refractivity contribution in [2.75, 3.05) is 16.9 Å². The van der Waals surface area contributed by atoms with Crippen LogP contribution < -0.4 is 16.2 Å². The number of anilines is 3. The molecule has 0 radical (unpaired) electrons. The van der Waals surface area contributed by atoms with E-state index in [-0.39, 0.29) is 0 Å². The number of aromatic nitrogens is 1. The first kappa shape index (κ1) is 11.0. The van der Waals surface area contributed by atoms with E-state index in [1.54, 1.807) is 0 Å². The maximum Gasteiger partial charge on any atom is 0.142 e. The molecule has 92 valence electrons. The normalized spacial score (nSPS) is 14.2. The standard InChI is InChI=1S/C14H16N4/c15-17-13-8-3-9-14(16-13)18-10-4-6-11-5-1-2-7-12(11)18/h1-3,5,7-9H,4,6,10,15H2,(H,16,17). The highest BCUT2D eigenvalue weighted by atomic mass is 15.3. The molecule has 0 unspecified atom stereocenters. The Hall–Kier alpha value is -2.07. The first-order valence-electron chi connectivity index (χ1n) is 6.17. The van der Waals surface area contributed by atoms with Gasteiger partial charge in [-0.2, -0.15) is 0 Å². The van der Waals surface area contributed by atoms with Gasteiger partial charge in [-0.25, -0.2) is 10.8 Å². The highest BCUT2D eigenvalue weighted by Gasteiger charge is 2.18. The lowest BCUT2D eigenvalue weighted by Gasteiger charge is -2.30. The number of hydrazine groups is 1. The topological polar surface area (TPSA) is 54.2 Å². The number of benzene rings is 1. The molecule has 4 nitrogen and oxygen atoms in total. The third-order valence-corrected chi connectivity index (χ3v) is 3.27. The fourth-order valence-electron chi connectivity index (χ4n) is 2.43. The molecule has 18 heavy (non-hydrogen) atoms. The number of rotatable bonds is 2. The first-order chi connectivity index (χ1) is 8.88. The van der Waals surface area contributed by atoms with Crippen LogP contribution in [0.4, 0.5) is 17.3 Å². The molecule has 0 spiro atoms. The molecule has 4 heteroatoms. The van der Waals surface area contributed by atoms with Crippen molar-refractivity contribution in [3.05, 3.63) is 48.0 Å². The predicted octanol–water partition coefficient (Wildman–Crippen LogP) is 2.45. The summed E-state index contributed by atoms with van der Waals surface area (Å²) in [4.78, 5) is 6.75. The predicted molar refractivity (Wildman–Crippen MR) is 73.8 cm³/mol. The second-order valence-corrected chi connectivity index (χ2v) is 4.41. The van der Waals surface area contributed by atoms with Crippen molar-refractivity contribution in [2.45, 2.75) is 12.8 Å². The third-order valence-electron chi connectivity index (χ3n) is 3.27. The summed E-state index contributed by atoms with van der Waals surface area (Å²) in [6, 6.07) is 14.3. The summed E-state index contributed by atoms with van der Waals surface area (Å²) in [7, 11) is 0. The number of aryl methyl sites for hydroxylation is 1. The number of pyridine rings is 1. The van der Waals surface area contributed by atoms with Crippen LogP contribution in [0.25, 0.3) is 0 Å². The second-order valence-electron chi connectivity index (χ2n) is 4.41. The summed E-state index contributed by atoms with van der Waals surface area (Å²) in [5.74, 6) is 7.04. The number of nitrogens with one attached hydrogen (secondary N) is 1. The lowest BCUT2D eigenvalue weighted by molar-refractivity contribution is 0.760. The van der Waals surface area contributed by atoms with Gasteiger partial charge < -0.3 is 10.3 Å². The Morgan fingerprint density at radius 3 is 2.89 bits per heavy atom. The van der Waals surface area contributed by atoms with E-state index in [9.17, 15) is 0 Å². The molecule has 3 N–H and O–H groups in total. The van der Waals surface area contributed by atoms with Gasteiger partial charge in [-0.15, -0.1) is 0 Å². The van der Waals surface area contributed by atoms with Crippen LogP contribution >= 0.6 is 0 Å². The number of para-hydroxylation sites is 1. The zero-order valence-electron chi connectivity index (χ0n) is 10.1. The van der Waals surface area contributed by atoms with E-state index >= 15 is 0 Å². The molecule has 2 heterocycles. The minimum atomic E-state index is 0.690. The Morgan fingerprint density at radius 2 is 2.00 bits per heavy atom. The van der Waals surface area contributed by atoms with Crippen molar-refractivity contribution in [3.63, 3.8) is 0 Å². The average molecular weight is 240 g/mol. The van der Waals surface area contributed by atoms with Gasteiger partial charge in [0.1, 0.15) is 11.6 Å². The Kier molecular flexibility index (Phi) is 2.86. The summed E-state index contributed by atoms with van der Waals surface area (Å²) in [6.45, 7) is 0.998. The molecule has 0 fully saturated rings. The van der Waals surface area contributed by atoms with E-state index in [2.05, 4.69) is 39.6 Å². The van der Waals surface area contributed by atoms with Gasteiger partial charge in [0, 0.05) is 12.2 Å². The molecule has 0 bridgehead atoms. The van der Waals surface area contributed by atoms with Gasteiger partial charge in [0.2, 0.25) is 0 Å². The largest absolute Gasteiger partial charge is 0.326 e. The summed E-state index contributed by atoms with van der Waals surface area (Å²) >= 11 is 0. The number of hydrogen-bond acceptors (Lipinski definition) is 4. The van der Waals surface area contributed by atoms with E-state index in [4.69, 9.17) is 5.84 Å². The number of hydrogen-bond donors (Lipinski definition) is 2.